The monoisotopic (exact) mass is 219 g/mol. The second-order valence-electron chi connectivity index (χ2n) is 3.48. The minimum absolute atomic E-state index is 0.173. The zero-order valence-corrected chi connectivity index (χ0v) is 8.97. The van der Waals surface area contributed by atoms with Crippen LogP contribution in [0.1, 0.15) is 17.3 Å². The Morgan fingerprint density at radius 1 is 1.25 bits per heavy atom. The van der Waals surface area contributed by atoms with Gasteiger partial charge in [0.15, 0.2) is 0 Å². The summed E-state index contributed by atoms with van der Waals surface area (Å²) in [6.07, 6.45) is 3.11. The van der Waals surface area contributed by atoms with Crippen molar-refractivity contribution in [2.45, 2.75) is 20.0 Å². The first kappa shape index (κ1) is 10.6. The second-order valence-corrected chi connectivity index (χ2v) is 3.48. The predicted molar refractivity (Wildman–Crippen MR) is 57.7 cm³/mol. The molecule has 0 radical (unpaired) electrons. The van der Waals surface area contributed by atoms with Gasteiger partial charge in [0.1, 0.15) is 11.5 Å². The molecule has 0 saturated heterocycles. The van der Waals surface area contributed by atoms with Gasteiger partial charge in [-0.25, -0.2) is 4.98 Å². The first-order chi connectivity index (χ1) is 7.74. The molecule has 0 spiro atoms. The number of aromatic hydroxyl groups is 1. The largest absolute Gasteiger partial charge is 0.506 e. The maximum atomic E-state index is 9.05. The van der Waals surface area contributed by atoms with E-state index in [1.54, 1.807) is 18.3 Å². The molecule has 2 N–H and O–H groups in total. The number of oxazole rings is 1. The van der Waals surface area contributed by atoms with Crippen molar-refractivity contribution in [3.8, 4) is 5.75 Å². The second kappa shape index (κ2) is 4.76. The first-order valence-corrected chi connectivity index (χ1v) is 5.00. The summed E-state index contributed by atoms with van der Waals surface area (Å²) in [5.74, 6) is 1.64. The van der Waals surface area contributed by atoms with Crippen molar-refractivity contribution in [1.29, 1.82) is 0 Å². The molecule has 16 heavy (non-hydrogen) atoms. The van der Waals surface area contributed by atoms with E-state index in [0.717, 1.165) is 11.5 Å². The number of aromatic nitrogens is 2. The van der Waals surface area contributed by atoms with E-state index in [1.807, 2.05) is 6.92 Å². The summed E-state index contributed by atoms with van der Waals surface area (Å²) in [4.78, 5) is 8.12. The van der Waals surface area contributed by atoms with E-state index in [-0.39, 0.29) is 5.75 Å². The third-order valence-electron chi connectivity index (χ3n) is 2.06. The van der Waals surface area contributed by atoms with E-state index in [0.29, 0.717) is 19.0 Å². The smallest absolute Gasteiger partial charge is 0.208 e. The van der Waals surface area contributed by atoms with E-state index in [9.17, 15) is 0 Å². The van der Waals surface area contributed by atoms with Crippen LogP contribution in [0.5, 0.6) is 5.75 Å². The number of nitrogens with one attached hydrogen (secondary N) is 1. The Balaban J connectivity index is 1.82. The van der Waals surface area contributed by atoms with Crippen molar-refractivity contribution in [3.05, 3.63) is 41.9 Å². The van der Waals surface area contributed by atoms with Crippen molar-refractivity contribution in [3.63, 3.8) is 0 Å². The number of pyridine rings is 1. The van der Waals surface area contributed by atoms with E-state index < -0.39 is 0 Å². The number of hydrogen-bond acceptors (Lipinski definition) is 5. The Hall–Kier alpha value is -1.88. The molecule has 2 rings (SSSR count). The zero-order chi connectivity index (χ0) is 11.4. The lowest BCUT2D eigenvalue weighted by atomic mass is 10.3. The normalized spacial score (nSPS) is 10.6. The van der Waals surface area contributed by atoms with Gasteiger partial charge in [-0.2, -0.15) is 0 Å². The average Bonchev–Trinajstić information content (AvgIpc) is 2.67. The van der Waals surface area contributed by atoms with Crippen molar-refractivity contribution in [1.82, 2.24) is 15.3 Å². The van der Waals surface area contributed by atoms with Gasteiger partial charge in [-0.15, -0.1) is 0 Å². The molecule has 2 aromatic heterocycles. The molecule has 0 bridgehead atoms. The fraction of sp³-hybridized carbons (Fsp3) is 0.273. The van der Waals surface area contributed by atoms with Gasteiger partial charge >= 0.3 is 0 Å². The van der Waals surface area contributed by atoms with E-state index in [4.69, 9.17) is 9.52 Å². The molecule has 5 heteroatoms. The van der Waals surface area contributed by atoms with E-state index in [2.05, 4.69) is 15.3 Å². The fourth-order valence-corrected chi connectivity index (χ4v) is 1.30. The summed E-state index contributed by atoms with van der Waals surface area (Å²) < 4.78 is 5.31. The summed E-state index contributed by atoms with van der Waals surface area (Å²) in [5, 5.41) is 12.2. The molecule has 0 fully saturated rings. The molecule has 0 saturated carbocycles. The van der Waals surface area contributed by atoms with Crippen LogP contribution in [0.25, 0.3) is 0 Å². The molecular weight excluding hydrogens is 206 g/mol. The Kier molecular flexibility index (Phi) is 3.16. The van der Waals surface area contributed by atoms with Gasteiger partial charge in [-0.3, -0.25) is 4.98 Å². The minimum Gasteiger partial charge on any atom is -0.506 e. The molecular formula is C11H13N3O2. The summed E-state index contributed by atoms with van der Waals surface area (Å²) in [5.41, 5.74) is 0.862. The van der Waals surface area contributed by atoms with Crippen LogP contribution >= 0.6 is 0 Å². The van der Waals surface area contributed by atoms with Crippen molar-refractivity contribution < 1.29 is 9.52 Å². The predicted octanol–water partition coefficient (Wildman–Crippen LogP) is 1.37. The maximum absolute atomic E-state index is 9.05. The van der Waals surface area contributed by atoms with Crippen LogP contribution in [0.3, 0.4) is 0 Å². The van der Waals surface area contributed by atoms with Gasteiger partial charge in [0.05, 0.1) is 24.6 Å². The summed E-state index contributed by atoms with van der Waals surface area (Å²) >= 11 is 0. The van der Waals surface area contributed by atoms with Gasteiger partial charge in [0, 0.05) is 6.54 Å². The lowest BCUT2D eigenvalue weighted by Gasteiger charge is -2.01. The van der Waals surface area contributed by atoms with Gasteiger partial charge < -0.3 is 14.8 Å². The third-order valence-corrected chi connectivity index (χ3v) is 2.06. The Morgan fingerprint density at radius 3 is 2.75 bits per heavy atom. The molecule has 0 aliphatic heterocycles. The van der Waals surface area contributed by atoms with Crippen molar-refractivity contribution >= 4 is 0 Å². The Bertz CT molecular complexity index is 451. The third kappa shape index (κ3) is 2.80. The molecule has 0 aliphatic carbocycles. The molecule has 2 aromatic rings. The molecule has 5 nitrogen and oxygen atoms in total. The van der Waals surface area contributed by atoms with E-state index in [1.165, 1.54) is 6.20 Å². The van der Waals surface area contributed by atoms with Gasteiger partial charge in [-0.05, 0) is 19.1 Å². The maximum Gasteiger partial charge on any atom is 0.208 e. The SMILES string of the molecule is Cc1cnc(CNCc2ccc(O)cn2)o1. The highest BCUT2D eigenvalue weighted by Gasteiger charge is 2.00. The van der Waals surface area contributed by atoms with Crippen molar-refractivity contribution in [2.24, 2.45) is 0 Å². The standard InChI is InChI=1S/C11H13N3O2/c1-8-4-14-11(16-8)7-12-5-9-2-3-10(15)6-13-9/h2-4,6,12,15H,5,7H2,1H3. The summed E-state index contributed by atoms with van der Waals surface area (Å²) in [6, 6.07) is 3.38. The van der Waals surface area contributed by atoms with Crippen LogP contribution in [0.4, 0.5) is 0 Å². The van der Waals surface area contributed by atoms with E-state index >= 15 is 0 Å². The van der Waals surface area contributed by atoms with Crippen LogP contribution in [-0.2, 0) is 13.1 Å². The Morgan fingerprint density at radius 2 is 2.12 bits per heavy atom. The molecule has 0 atom stereocenters. The minimum atomic E-state index is 0.173. The number of nitrogens with zero attached hydrogens (tertiary/aromatic N) is 2. The highest BCUT2D eigenvalue weighted by atomic mass is 16.4. The fourth-order valence-electron chi connectivity index (χ4n) is 1.30. The number of aryl methyl sites for hydroxylation is 1. The van der Waals surface area contributed by atoms with Crippen LogP contribution in [0.15, 0.2) is 28.9 Å². The van der Waals surface area contributed by atoms with Gasteiger partial charge in [0.25, 0.3) is 0 Å². The molecule has 0 amide bonds. The molecule has 0 aromatic carbocycles. The van der Waals surface area contributed by atoms with Crippen LogP contribution in [0, 0.1) is 6.92 Å². The topological polar surface area (TPSA) is 71.2 Å². The highest BCUT2D eigenvalue weighted by molar-refractivity contribution is 5.17. The van der Waals surface area contributed by atoms with Gasteiger partial charge in [-0.1, -0.05) is 0 Å². The van der Waals surface area contributed by atoms with Crippen LogP contribution in [-0.4, -0.2) is 15.1 Å². The molecule has 0 aliphatic rings. The molecule has 2 heterocycles. The highest BCUT2D eigenvalue weighted by Crippen LogP contribution is 2.06. The summed E-state index contributed by atoms with van der Waals surface area (Å²) in [6.45, 7) is 3.04. The lowest BCUT2D eigenvalue weighted by molar-refractivity contribution is 0.447. The average molecular weight is 219 g/mol. The van der Waals surface area contributed by atoms with Gasteiger partial charge in [0.2, 0.25) is 5.89 Å². The zero-order valence-electron chi connectivity index (χ0n) is 8.97. The molecule has 84 valence electrons. The Labute approximate surface area is 93.2 Å². The van der Waals surface area contributed by atoms with Crippen LogP contribution in [0.2, 0.25) is 0 Å². The molecule has 0 unspecified atom stereocenters. The number of rotatable bonds is 4. The number of hydrogen-bond donors (Lipinski definition) is 2. The lowest BCUT2D eigenvalue weighted by Crippen LogP contribution is -2.13. The first-order valence-electron chi connectivity index (χ1n) is 5.00. The van der Waals surface area contributed by atoms with Crippen LogP contribution < -0.4 is 5.32 Å². The van der Waals surface area contributed by atoms with Crippen molar-refractivity contribution in [2.75, 3.05) is 0 Å². The quantitative estimate of drug-likeness (QED) is 0.812. The summed E-state index contributed by atoms with van der Waals surface area (Å²) in [7, 11) is 0.